The van der Waals surface area contributed by atoms with Gasteiger partial charge in [0.25, 0.3) is 0 Å². The summed E-state index contributed by atoms with van der Waals surface area (Å²) in [7, 11) is 1.70. The molecule has 3 rings (SSSR count). The Labute approximate surface area is 125 Å². The van der Waals surface area contributed by atoms with Crippen molar-refractivity contribution in [1.29, 1.82) is 0 Å². The van der Waals surface area contributed by atoms with Gasteiger partial charge in [-0.1, -0.05) is 6.07 Å². The predicted molar refractivity (Wildman–Crippen MR) is 86.1 cm³/mol. The first-order chi connectivity index (χ1) is 10.3. The molecule has 5 nitrogen and oxygen atoms in total. The van der Waals surface area contributed by atoms with Gasteiger partial charge in [-0.3, -0.25) is 4.98 Å². The zero-order valence-corrected chi connectivity index (χ0v) is 12.2. The van der Waals surface area contributed by atoms with E-state index in [0.29, 0.717) is 5.69 Å². The number of pyridine rings is 1. The van der Waals surface area contributed by atoms with Crippen molar-refractivity contribution in [3.63, 3.8) is 0 Å². The third-order valence-electron chi connectivity index (χ3n) is 3.81. The van der Waals surface area contributed by atoms with Gasteiger partial charge >= 0.3 is 0 Å². The van der Waals surface area contributed by atoms with Gasteiger partial charge in [0, 0.05) is 44.1 Å². The van der Waals surface area contributed by atoms with Crippen LogP contribution in [0.15, 0.2) is 42.7 Å². The SMILES string of the molecule is COc1cccc(N2CCN(c3cncc(N)c3)CC2)c1. The molecule has 1 saturated heterocycles. The van der Waals surface area contributed by atoms with Crippen molar-refractivity contribution < 1.29 is 4.74 Å². The molecule has 2 heterocycles. The van der Waals surface area contributed by atoms with Crippen LogP contribution in [0.4, 0.5) is 17.1 Å². The van der Waals surface area contributed by atoms with E-state index in [1.807, 2.05) is 24.4 Å². The standard InChI is InChI=1S/C16H20N4O/c1-21-16-4-2-3-14(10-16)19-5-7-20(8-6-19)15-9-13(17)11-18-12-15/h2-4,9-12H,5-8,17H2,1H3. The third-order valence-corrected chi connectivity index (χ3v) is 3.81. The maximum absolute atomic E-state index is 5.80. The zero-order chi connectivity index (χ0) is 14.7. The van der Waals surface area contributed by atoms with Crippen LogP contribution < -0.4 is 20.3 Å². The highest BCUT2D eigenvalue weighted by Crippen LogP contribution is 2.24. The Morgan fingerprint density at radius 3 is 2.38 bits per heavy atom. The Hall–Kier alpha value is -2.43. The van der Waals surface area contributed by atoms with E-state index in [9.17, 15) is 0 Å². The summed E-state index contributed by atoms with van der Waals surface area (Å²) >= 11 is 0. The number of aromatic nitrogens is 1. The average Bonchev–Trinajstić information content (AvgIpc) is 2.55. The molecule has 0 atom stereocenters. The minimum Gasteiger partial charge on any atom is -0.497 e. The molecule has 1 aliphatic heterocycles. The number of nitrogens with two attached hydrogens (primary N) is 1. The highest BCUT2D eigenvalue weighted by Gasteiger charge is 2.18. The summed E-state index contributed by atoms with van der Waals surface area (Å²) in [6.45, 7) is 3.87. The van der Waals surface area contributed by atoms with Gasteiger partial charge in [0.1, 0.15) is 5.75 Å². The highest BCUT2D eigenvalue weighted by molar-refractivity contribution is 5.56. The first-order valence-corrected chi connectivity index (χ1v) is 7.11. The fraction of sp³-hybridized carbons (Fsp3) is 0.312. The summed E-state index contributed by atoms with van der Waals surface area (Å²) in [4.78, 5) is 8.86. The molecule has 5 heteroatoms. The minimum atomic E-state index is 0.711. The van der Waals surface area contributed by atoms with Gasteiger partial charge in [0.2, 0.25) is 0 Å². The molecule has 2 N–H and O–H groups in total. The van der Waals surface area contributed by atoms with Crippen LogP contribution in [0.25, 0.3) is 0 Å². The van der Waals surface area contributed by atoms with Crippen LogP contribution >= 0.6 is 0 Å². The Morgan fingerprint density at radius 1 is 1.00 bits per heavy atom. The number of rotatable bonds is 3. The number of nitrogens with zero attached hydrogens (tertiary/aromatic N) is 3. The van der Waals surface area contributed by atoms with E-state index >= 15 is 0 Å². The second kappa shape index (κ2) is 5.91. The van der Waals surface area contributed by atoms with Crippen LogP contribution in [-0.4, -0.2) is 38.3 Å². The van der Waals surface area contributed by atoms with Crippen LogP contribution in [-0.2, 0) is 0 Å². The summed E-state index contributed by atoms with van der Waals surface area (Å²) in [6, 6.07) is 10.2. The van der Waals surface area contributed by atoms with E-state index in [1.54, 1.807) is 13.3 Å². The predicted octanol–water partition coefficient (Wildman–Crippen LogP) is 2.00. The van der Waals surface area contributed by atoms with Gasteiger partial charge in [-0.25, -0.2) is 0 Å². The maximum Gasteiger partial charge on any atom is 0.120 e. The van der Waals surface area contributed by atoms with Crippen molar-refractivity contribution in [2.75, 3.05) is 48.8 Å². The van der Waals surface area contributed by atoms with Gasteiger partial charge in [-0.05, 0) is 18.2 Å². The number of hydrogen-bond acceptors (Lipinski definition) is 5. The lowest BCUT2D eigenvalue weighted by Gasteiger charge is -2.37. The van der Waals surface area contributed by atoms with E-state index in [0.717, 1.165) is 37.6 Å². The Kier molecular flexibility index (Phi) is 3.81. The molecule has 1 aliphatic rings. The molecule has 0 spiro atoms. The number of piperazine rings is 1. The number of nitrogen functional groups attached to an aromatic ring is 1. The van der Waals surface area contributed by atoms with Crippen molar-refractivity contribution in [2.24, 2.45) is 0 Å². The minimum absolute atomic E-state index is 0.711. The normalized spacial score (nSPS) is 15.1. The smallest absolute Gasteiger partial charge is 0.120 e. The second-order valence-electron chi connectivity index (χ2n) is 5.15. The van der Waals surface area contributed by atoms with Gasteiger partial charge in [0.05, 0.1) is 24.7 Å². The molecule has 110 valence electrons. The fourth-order valence-corrected chi connectivity index (χ4v) is 2.65. The first-order valence-electron chi connectivity index (χ1n) is 7.11. The third kappa shape index (κ3) is 3.02. The van der Waals surface area contributed by atoms with Gasteiger partial charge in [-0.15, -0.1) is 0 Å². The second-order valence-corrected chi connectivity index (χ2v) is 5.15. The number of hydrogen-bond donors (Lipinski definition) is 1. The van der Waals surface area contributed by atoms with Crippen LogP contribution in [0.2, 0.25) is 0 Å². The van der Waals surface area contributed by atoms with Crippen molar-refractivity contribution in [3.05, 3.63) is 42.7 Å². The van der Waals surface area contributed by atoms with Crippen LogP contribution in [0.5, 0.6) is 5.75 Å². The number of benzene rings is 1. The van der Waals surface area contributed by atoms with Crippen molar-refractivity contribution >= 4 is 17.1 Å². The molecular weight excluding hydrogens is 264 g/mol. The average molecular weight is 284 g/mol. The van der Waals surface area contributed by atoms with Gasteiger partial charge in [-0.2, -0.15) is 0 Å². The van der Waals surface area contributed by atoms with E-state index < -0.39 is 0 Å². The number of methoxy groups -OCH3 is 1. The lowest BCUT2D eigenvalue weighted by molar-refractivity contribution is 0.414. The lowest BCUT2D eigenvalue weighted by Crippen LogP contribution is -2.46. The molecule has 0 amide bonds. The van der Waals surface area contributed by atoms with E-state index in [-0.39, 0.29) is 0 Å². The topological polar surface area (TPSA) is 54.6 Å². The highest BCUT2D eigenvalue weighted by atomic mass is 16.5. The molecule has 0 saturated carbocycles. The maximum atomic E-state index is 5.80. The molecule has 0 bridgehead atoms. The zero-order valence-electron chi connectivity index (χ0n) is 12.2. The van der Waals surface area contributed by atoms with Crippen LogP contribution in [0, 0.1) is 0 Å². The van der Waals surface area contributed by atoms with Crippen molar-refractivity contribution in [2.45, 2.75) is 0 Å². The largest absolute Gasteiger partial charge is 0.497 e. The quantitative estimate of drug-likeness (QED) is 0.934. The summed E-state index contributed by atoms with van der Waals surface area (Å²) in [6.07, 6.45) is 3.55. The van der Waals surface area contributed by atoms with Crippen LogP contribution in [0.1, 0.15) is 0 Å². The Morgan fingerprint density at radius 2 is 1.71 bits per heavy atom. The molecular formula is C16H20N4O. The molecule has 1 aromatic heterocycles. The molecule has 0 unspecified atom stereocenters. The molecule has 1 aromatic carbocycles. The monoisotopic (exact) mass is 284 g/mol. The molecule has 0 radical (unpaired) electrons. The molecule has 2 aromatic rings. The van der Waals surface area contributed by atoms with Gasteiger partial charge < -0.3 is 20.3 Å². The Balaban J connectivity index is 1.67. The molecule has 0 aliphatic carbocycles. The van der Waals surface area contributed by atoms with E-state index in [1.165, 1.54) is 5.69 Å². The number of anilines is 3. The summed E-state index contributed by atoms with van der Waals surface area (Å²) in [5, 5.41) is 0. The van der Waals surface area contributed by atoms with Crippen molar-refractivity contribution in [1.82, 2.24) is 4.98 Å². The Bertz CT molecular complexity index is 609. The van der Waals surface area contributed by atoms with Gasteiger partial charge in [0.15, 0.2) is 0 Å². The first kappa shape index (κ1) is 13.5. The summed E-state index contributed by atoms with van der Waals surface area (Å²) in [5.41, 5.74) is 8.82. The summed E-state index contributed by atoms with van der Waals surface area (Å²) in [5.74, 6) is 0.898. The molecule has 1 fully saturated rings. The van der Waals surface area contributed by atoms with Crippen LogP contribution in [0.3, 0.4) is 0 Å². The van der Waals surface area contributed by atoms with E-state index in [2.05, 4.69) is 26.9 Å². The number of ether oxygens (including phenoxy) is 1. The van der Waals surface area contributed by atoms with Crippen molar-refractivity contribution in [3.8, 4) is 5.75 Å². The fourth-order valence-electron chi connectivity index (χ4n) is 2.65. The molecule has 21 heavy (non-hydrogen) atoms. The summed E-state index contributed by atoms with van der Waals surface area (Å²) < 4.78 is 5.29. The lowest BCUT2D eigenvalue weighted by atomic mass is 10.2. The van der Waals surface area contributed by atoms with E-state index in [4.69, 9.17) is 10.5 Å².